The fourth-order valence-corrected chi connectivity index (χ4v) is 6.05. The van der Waals surface area contributed by atoms with E-state index in [0.29, 0.717) is 6.54 Å². The first kappa shape index (κ1) is 40.1. The van der Waals surface area contributed by atoms with Gasteiger partial charge in [-0.25, -0.2) is 0 Å². The molecule has 42 heavy (non-hydrogen) atoms. The predicted octanol–water partition coefficient (Wildman–Crippen LogP) is 7.62. The Morgan fingerprint density at radius 3 is 1.26 bits per heavy atom. The van der Waals surface area contributed by atoms with Gasteiger partial charge >= 0.3 is 11.9 Å². The first-order valence-corrected chi connectivity index (χ1v) is 17.2. The number of carboxylic acid groups (broad SMARTS) is 3. The molecular weight excluding hydrogens is 530 g/mol. The van der Waals surface area contributed by atoms with Gasteiger partial charge in [0.15, 0.2) is 0 Å². The van der Waals surface area contributed by atoms with Crippen LogP contribution in [0.3, 0.4) is 0 Å². The van der Waals surface area contributed by atoms with Crippen molar-refractivity contribution in [3.8, 4) is 0 Å². The molecule has 0 radical (unpaired) electrons. The number of hydrogen-bond acceptors (Lipinski definition) is 4. The second-order valence-corrected chi connectivity index (χ2v) is 13.0. The Balaban J connectivity index is 4.22. The number of carboxylic acids is 3. The fourth-order valence-electron chi connectivity index (χ4n) is 6.05. The third kappa shape index (κ3) is 21.8. The zero-order chi connectivity index (χ0) is 31.6. The van der Waals surface area contributed by atoms with Gasteiger partial charge in [0, 0.05) is 11.9 Å². The second-order valence-electron chi connectivity index (χ2n) is 13.0. The molecule has 0 heterocycles. The Hall–Kier alpha value is -1.89. The van der Waals surface area contributed by atoms with Crippen molar-refractivity contribution in [3.05, 3.63) is 12.2 Å². The molecule has 0 aromatic carbocycles. The van der Waals surface area contributed by atoms with Gasteiger partial charge in [0.1, 0.15) is 11.8 Å². The number of hydrogen-bond donors (Lipinski definition) is 2. The Morgan fingerprint density at radius 1 is 0.571 bits per heavy atom. The molecule has 3 unspecified atom stereocenters. The molecule has 0 saturated carbocycles. The molecule has 0 aromatic heterocycles. The van der Waals surface area contributed by atoms with Crippen molar-refractivity contribution in [2.24, 2.45) is 17.8 Å². The third-order valence-electron chi connectivity index (χ3n) is 8.62. The topological polar surface area (TPSA) is 115 Å². The molecule has 0 aliphatic rings. The van der Waals surface area contributed by atoms with E-state index >= 15 is 0 Å². The number of carbonyl (C=O) groups is 3. The molecule has 0 aliphatic heterocycles. The molecule has 3 atom stereocenters. The van der Waals surface area contributed by atoms with E-state index in [2.05, 4.69) is 19.1 Å². The van der Waals surface area contributed by atoms with E-state index in [0.717, 1.165) is 25.7 Å². The van der Waals surface area contributed by atoms with E-state index in [4.69, 9.17) is 0 Å². The van der Waals surface area contributed by atoms with E-state index < -0.39 is 35.7 Å². The molecule has 7 heteroatoms. The molecule has 2 N–H and O–H groups in total. The summed E-state index contributed by atoms with van der Waals surface area (Å²) >= 11 is 0. The minimum atomic E-state index is -1.18. The van der Waals surface area contributed by atoms with E-state index in [-0.39, 0.29) is 24.1 Å². The minimum absolute atomic E-state index is 0.183. The summed E-state index contributed by atoms with van der Waals surface area (Å²) in [5, 5.41) is 30.6. The van der Waals surface area contributed by atoms with Crippen molar-refractivity contribution < 1.29 is 34.2 Å². The molecule has 0 bridgehead atoms. The molecule has 246 valence electrons. The number of nitrogens with zero attached hydrogens (tertiary/aromatic N) is 1. The van der Waals surface area contributed by atoms with Crippen LogP contribution in [-0.2, 0) is 14.4 Å². The maximum absolute atomic E-state index is 11.6. The van der Waals surface area contributed by atoms with Crippen LogP contribution in [-0.4, -0.2) is 58.8 Å². The second kappa shape index (κ2) is 25.6. The SMILES string of the molecule is CCCCCCCCCCC/C=C/CCCCCCCCCC[N+](CC(C)C(=O)[O-])(CC(C)C(=O)O)CC(C)C(=O)O. The maximum Gasteiger partial charge on any atom is 0.311 e. The summed E-state index contributed by atoms with van der Waals surface area (Å²) in [5.74, 6) is -5.24. The van der Waals surface area contributed by atoms with Crippen LogP contribution in [0.15, 0.2) is 12.2 Å². The highest BCUT2D eigenvalue weighted by Crippen LogP contribution is 2.22. The van der Waals surface area contributed by atoms with Crippen molar-refractivity contribution >= 4 is 17.9 Å². The first-order valence-electron chi connectivity index (χ1n) is 17.2. The van der Waals surface area contributed by atoms with Gasteiger partial charge < -0.3 is 24.6 Å². The van der Waals surface area contributed by atoms with E-state index in [9.17, 15) is 29.7 Å². The Bertz CT molecular complexity index is 682. The molecule has 0 spiro atoms. The fraction of sp³-hybridized carbons (Fsp3) is 0.857. The number of quaternary nitrogens is 1. The molecule has 0 fully saturated rings. The number of allylic oxidation sites excluding steroid dienone is 2. The van der Waals surface area contributed by atoms with Crippen molar-refractivity contribution in [2.75, 3.05) is 26.2 Å². The molecule has 0 aliphatic carbocycles. The van der Waals surface area contributed by atoms with Crippen LogP contribution < -0.4 is 5.11 Å². The third-order valence-corrected chi connectivity index (χ3v) is 8.62. The molecule has 7 nitrogen and oxygen atoms in total. The highest BCUT2D eigenvalue weighted by Gasteiger charge is 2.36. The summed E-state index contributed by atoms with van der Waals surface area (Å²) in [4.78, 5) is 34.8. The molecule has 0 rings (SSSR count). The number of rotatable bonds is 30. The Morgan fingerprint density at radius 2 is 0.905 bits per heavy atom. The lowest BCUT2D eigenvalue weighted by Gasteiger charge is -2.43. The average Bonchev–Trinajstić information content (AvgIpc) is 2.93. The standard InChI is InChI=1S/C35H65NO6/c1-5-6-7-8-9-10-11-12-13-14-15-16-17-18-19-20-21-22-23-24-25-26-36(27-30(2)33(37)38,28-31(3)34(39)40)29-32(4)35(41)42/h15-16,30-32H,5-14,17-29H2,1-4H3,(H2-,37,38,39,40,41,42)/b16-15+. The Labute approximate surface area is 257 Å². The Kier molecular flexibility index (Phi) is 24.4. The number of carbonyl (C=O) groups excluding carboxylic acids is 1. The van der Waals surface area contributed by atoms with Crippen molar-refractivity contribution in [3.63, 3.8) is 0 Å². The van der Waals surface area contributed by atoms with Crippen LogP contribution in [0.5, 0.6) is 0 Å². The van der Waals surface area contributed by atoms with E-state index in [1.165, 1.54) is 96.3 Å². The lowest BCUT2D eigenvalue weighted by Crippen LogP contribution is -2.58. The lowest BCUT2D eigenvalue weighted by atomic mass is 10.00. The number of aliphatic carboxylic acids is 3. The normalized spacial score (nSPS) is 15.3. The first-order chi connectivity index (χ1) is 20.0. The van der Waals surface area contributed by atoms with Crippen molar-refractivity contribution in [1.82, 2.24) is 0 Å². The molecule has 0 saturated heterocycles. The van der Waals surface area contributed by atoms with Gasteiger partial charge in [0.25, 0.3) is 0 Å². The highest BCUT2D eigenvalue weighted by atomic mass is 16.4. The smallest absolute Gasteiger partial charge is 0.311 e. The van der Waals surface area contributed by atoms with Gasteiger partial charge in [0.05, 0.1) is 26.2 Å². The average molecular weight is 596 g/mol. The lowest BCUT2D eigenvalue weighted by molar-refractivity contribution is -0.934. The predicted molar refractivity (Wildman–Crippen MR) is 170 cm³/mol. The van der Waals surface area contributed by atoms with Gasteiger partial charge in [0.2, 0.25) is 0 Å². The van der Waals surface area contributed by atoms with Crippen LogP contribution in [0.25, 0.3) is 0 Å². The van der Waals surface area contributed by atoms with E-state index in [1.807, 2.05) is 0 Å². The van der Waals surface area contributed by atoms with E-state index in [1.54, 1.807) is 20.8 Å². The molecule has 0 aromatic rings. The summed E-state index contributed by atoms with van der Waals surface area (Å²) in [6.07, 6.45) is 28.5. The van der Waals surface area contributed by atoms with Crippen LogP contribution in [0.2, 0.25) is 0 Å². The van der Waals surface area contributed by atoms with Crippen LogP contribution in [0.1, 0.15) is 150 Å². The zero-order valence-corrected chi connectivity index (χ0v) is 27.6. The largest absolute Gasteiger partial charge is 0.550 e. The van der Waals surface area contributed by atoms with Gasteiger partial charge in [-0.1, -0.05) is 109 Å². The highest BCUT2D eigenvalue weighted by molar-refractivity contribution is 5.70. The summed E-state index contributed by atoms with van der Waals surface area (Å²) < 4.78 is 0.183. The minimum Gasteiger partial charge on any atom is -0.550 e. The summed E-state index contributed by atoms with van der Waals surface area (Å²) in [6, 6.07) is 0. The molecule has 0 amide bonds. The van der Waals surface area contributed by atoms with Gasteiger partial charge in [-0.15, -0.1) is 0 Å². The summed E-state index contributed by atoms with van der Waals surface area (Å²) in [5.41, 5.74) is 0. The van der Waals surface area contributed by atoms with Crippen LogP contribution in [0.4, 0.5) is 0 Å². The summed E-state index contributed by atoms with van der Waals surface area (Å²) in [7, 11) is 0. The van der Waals surface area contributed by atoms with Gasteiger partial charge in [-0.05, 0) is 52.4 Å². The molecular formula is C35H65NO6. The zero-order valence-electron chi connectivity index (χ0n) is 27.6. The summed E-state index contributed by atoms with van der Waals surface area (Å²) in [6.45, 7) is 8.26. The maximum atomic E-state index is 11.6. The van der Waals surface area contributed by atoms with Gasteiger partial charge in [-0.2, -0.15) is 0 Å². The van der Waals surface area contributed by atoms with Crippen molar-refractivity contribution in [1.29, 1.82) is 0 Å². The quantitative estimate of drug-likeness (QED) is 0.0501. The number of unbranched alkanes of at least 4 members (excludes halogenated alkanes) is 17. The monoisotopic (exact) mass is 595 g/mol. The van der Waals surface area contributed by atoms with Crippen LogP contribution in [0, 0.1) is 17.8 Å². The van der Waals surface area contributed by atoms with Crippen LogP contribution >= 0.6 is 0 Å². The van der Waals surface area contributed by atoms with Crippen molar-refractivity contribution in [2.45, 2.75) is 150 Å². The van der Waals surface area contributed by atoms with Gasteiger partial charge in [-0.3, -0.25) is 9.59 Å².